The molecule has 0 spiro atoms. The summed E-state index contributed by atoms with van der Waals surface area (Å²) in [7, 11) is 0. The summed E-state index contributed by atoms with van der Waals surface area (Å²) in [6, 6.07) is 0.241. The van der Waals surface area contributed by atoms with Crippen LogP contribution >= 0.6 is 11.6 Å². The number of hydrogen-bond donors (Lipinski definition) is 0. The maximum absolute atomic E-state index is 5.13. The summed E-state index contributed by atoms with van der Waals surface area (Å²) in [5.41, 5.74) is 0. The molecule has 1 atom stereocenters. The fraction of sp³-hybridized carbons (Fsp3) is 1.00. The van der Waals surface area contributed by atoms with Crippen LogP contribution in [0.5, 0.6) is 0 Å². The van der Waals surface area contributed by atoms with Gasteiger partial charge >= 0.3 is 0 Å². The van der Waals surface area contributed by atoms with Crippen LogP contribution in [0.2, 0.25) is 0 Å². The number of epoxide rings is 1. The first-order valence-electron chi connectivity index (χ1n) is 1.72. The van der Waals surface area contributed by atoms with E-state index in [-0.39, 0.29) is 12.4 Å². The van der Waals surface area contributed by atoms with Crippen LogP contribution in [0.25, 0.3) is 0 Å². The molecule has 1 aliphatic heterocycles. The minimum atomic E-state index is 0.0162. The van der Waals surface area contributed by atoms with Gasteiger partial charge in [0.05, 0.1) is 0 Å². The zero-order valence-corrected chi connectivity index (χ0v) is 3.94. The molecule has 1 aliphatic rings. The molecule has 1 rings (SSSR count). The van der Waals surface area contributed by atoms with Crippen LogP contribution in [-0.2, 0) is 9.47 Å². The van der Waals surface area contributed by atoms with Gasteiger partial charge in [-0.25, -0.2) is 0 Å². The monoisotopic (exact) mass is 108 g/mol. The maximum atomic E-state index is 5.13. The Balaban J connectivity index is 1.88. The maximum Gasteiger partial charge on any atom is 0.182 e. The summed E-state index contributed by atoms with van der Waals surface area (Å²) in [6.45, 7) is 0.715. The van der Waals surface area contributed by atoms with E-state index >= 15 is 0 Å². The summed E-state index contributed by atoms with van der Waals surface area (Å²) in [5, 5.41) is 0. The van der Waals surface area contributed by atoms with Gasteiger partial charge < -0.3 is 9.47 Å². The van der Waals surface area contributed by atoms with Crippen molar-refractivity contribution in [1.82, 2.24) is 0 Å². The highest BCUT2D eigenvalue weighted by Crippen LogP contribution is 2.09. The van der Waals surface area contributed by atoms with Crippen molar-refractivity contribution in [2.24, 2.45) is 0 Å². The molecule has 0 N–H and O–H groups in total. The van der Waals surface area contributed by atoms with Crippen LogP contribution < -0.4 is 0 Å². The average molecular weight is 109 g/mol. The Kier molecular flexibility index (Phi) is 1.29. The third-order valence-corrected chi connectivity index (χ3v) is 0.678. The number of ether oxygens (including phenoxy) is 2. The molecule has 1 fully saturated rings. The lowest BCUT2D eigenvalue weighted by atomic mass is 10.9. The molecule has 0 aromatic heterocycles. The van der Waals surface area contributed by atoms with E-state index in [0.29, 0.717) is 6.61 Å². The first kappa shape index (κ1) is 4.37. The fourth-order valence-corrected chi connectivity index (χ4v) is 0.346. The summed E-state index contributed by atoms with van der Waals surface area (Å²) in [5.74, 6) is 0. The molecule has 36 valence electrons. The minimum Gasteiger partial charge on any atom is -0.345 e. The van der Waals surface area contributed by atoms with E-state index in [9.17, 15) is 0 Å². The third-order valence-electron chi connectivity index (χ3n) is 0.552. The first-order valence-corrected chi connectivity index (χ1v) is 2.26. The zero-order valence-electron chi connectivity index (χ0n) is 3.19. The predicted octanol–water partition coefficient (Wildman–Crippen LogP) is 0.556. The Morgan fingerprint density at radius 3 is 2.83 bits per heavy atom. The molecule has 0 amide bonds. The van der Waals surface area contributed by atoms with Crippen molar-refractivity contribution in [3.05, 3.63) is 0 Å². The minimum absolute atomic E-state index is 0.0162. The molecule has 1 heterocycles. The normalized spacial score (nSPS) is 30.5. The smallest absolute Gasteiger partial charge is 0.182 e. The van der Waals surface area contributed by atoms with E-state index in [1.807, 2.05) is 0 Å². The van der Waals surface area contributed by atoms with E-state index in [4.69, 9.17) is 16.3 Å². The standard InChI is InChI=1S/C3H5ClO2/c4-2-6-3-1-5-3/h3H,1-2H2. The third kappa shape index (κ3) is 1.12. The van der Waals surface area contributed by atoms with Crippen LogP contribution in [0.3, 0.4) is 0 Å². The van der Waals surface area contributed by atoms with Gasteiger partial charge in [-0.2, -0.15) is 0 Å². The molecule has 2 nitrogen and oxygen atoms in total. The molecule has 0 bridgehead atoms. The molecule has 0 aromatic carbocycles. The Morgan fingerprint density at radius 2 is 2.67 bits per heavy atom. The largest absolute Gasteiger partial charge is 0.345 e. The molecule has 3 heteroatoms. The second kappa shape index (κ2) is 1.78. The summed E-state index contributed by atoms with van der Waals surface area (Å²) in [6.07, 6.45) is 0.0162. The van der Waals surface area contributed by atoms with E-state index in [1.54, 1.807) is 0 Å². The van der Waals surface area contributed by atoms with Gasteiger partial charge in [0.2, 0.25) is 0 Å². The molecular weight excluding hydrogens is 103 g/mol. The highest BCUT2D eigenvalue weighted by atomic mass is 35.5. The Morgan fingerprint density at radius 1 is 2.00 bits per heavy atom. The molecule has 0 saturated carbocycles. The van der Waals surface area contributed by atoms with Crippen molar-refractivity contribution in [2.75, 3.05) is 12.7 Å². The van der Waals surface area contributed by atoms with Gasteiger partial charge in [-0.15, -0.1) is 0 Å². The van der Waals surface area contributed by atoms with Gasteiger partial charge in [0.1, 0.15) is 12.7 Å². The molecule has 0 aliphatic carbocycles. The van der Waals surface area contributed by atoms with Gasteiger partial charge in [0.15, 0.2) is 6.29 Å². The molecule has 0 radical (unpaired) electrons. The second-order valence-electron chi connectivity index (χ2n) is 1.04. The summed E-state index contributed by atoms with van der Waals surface area (Å²) in [4.78, 5) is 0. The molecule has 1 saturated heterocycles. The van der Waals surface area contributed by atoms with Gasteiger partial charge in [-0.3, -0.25) is 0 Å². The highest BCUT2D eigenvalue weighted by molar-refractivity contribution is 6.17. The molecule has 6 heavy (non-hydrogen) atoms. The van der Waals surface area contributed by atoms with Crippen molar-refractivity contribution >= 4 is 11.6 Å². The summed E-state index contributed by atoms with van der Waals surface area (Å²) < 4.78 is 9.34. The average Bonchev–Trinajstić information content (AvgIpc) is 2.21. The quantitative estimate of drug-likeness (QED) is 0.381. The first-order chi connectivity index (χ1) is 2.93. The van der Waals surface area contributed by atoms with Crippen LogP contribution in [0.1, 0.15) is 0 Å². The van der Waals surface area contributed by atoms with Crippen molar-refractivity contribution in [1.29, 1.82) is 0 Å². The van der Waals surface area contributed by atoms with Gasteiger partial charge in [0, 0.05) is 0 Å². The van der Waals surface area contributed by atoms with Gasteiger partial charge in [-0.05, 0) is 0 Å². The summed E-state index contributed by atoms with van der Waals surface area (Å²) >= 11 is 5.13. The predicted molar refractivity (Wildman–Crippen MR) is 21.5 cm³/mol. The lowest BCUT2D eigenvalue weighted by Gasteiger charge is -1.84. The van der Waals surface area contributed by atoms with Crippen molar-refractivity contribution in [2.45, 2.75) is 6.29 Å². The molecule has 0 aromatic rings. The van der Waals surface area contributed by atoms with Crippen molar-refractivity contribution < 1.29 is 9.47 Å². The Bertz CT molecular complexity index is 44.1. The zero-order chi connectivity index (χ0) is 4.41. The number of rotatable bonds is 2. The van der Waals surface area contributed by atoms with Gasteiger partial charge in [-0.1, -0.05) is 11.6 Å². The van der Waals surface area contributed by atoms with Crippen LogP contribution in [0.15, 0.2) is 0 Å². The number of hydrogen-bond acceptors (Lipinski definition) is 2. The highest BCUT2D eigenvalue weighted by Gasteiger charge is 2.21. The van der Waals surface area contributed by atoms with Crippen LogP contribution in [0.4, 0.5) is 0 Å². The van der Waals surface area contributed by atoms with Crippen molar-refractivity contribution in [3.63, 3.8) is 0 Å². The Labute approximate surface area is 41.0 Å². The Hall–Kier alpha value is 0.210. The van der Waals surface area contributed by atoms with Crippen LogP contribution in [-0.4, -0.2) is 19.0 Å². The van der Waals surface area contributed by atoms with Crippen molar-refractivity contribution in [3.8, 4) is 0 Å². The van der Waals surface area contributed by atoms with E-state index < -0.39 is 0 Å². The SMILES string of the molecule is ClCOC1CO1. The topological polar surface area (TPSA) is 21.8 Å². The van der Waals surface area contributed by atoms with E-state index in [0.717, 1.165) is 0 Å². The molecule has 1 unspecified atom stereocenters. The number of alkyl halides is 1. The van der Waals surface area contributed by atoms with Crippen LogP contribution in [0, 0.1) is 0 Å². The van der Waals surface area contributed by atoms with E-state index in [1.165, 1.54) is 0 Å². The fourth-order valence-electron chi connectivity index (χ4n) is 0.206. The van der Waals surface area contributed by atoms with E-state index in [2.05, 4.69) is 4.74 Å². The lowest BCUT2D eigenvalue weighted by Crippen LogP contribution is -1.89. The van der Waals surface area contributed by atoms with Gasteiger partial charge in [0.25, 0.3) is 0 Å². The molecular formula is C3H5ClO2. The second-order valence-corrected chi connectivity index (χ2v) is 1.26. The number of halogens is 1. The lowest BCUT2D eigenvalue weighted by molar-refractivity contribution is 0.0813.